The Morgan fingerprint density at radius 2 is 1.91 bits per heavy atom. The minimum atomic E-state index is -1.16. The molecule has 182 valence electrons. The molecule has 3 aromatic rings. The topological polar surface area (TPSA) is 56.3 Å². The van der Waals surface area contributed by atoms with Gasteiger partial charge >= 0.3 is 5.97 Å². The van der Waals surface area contributed by atoms with Crippen LogP contribution >= 0.6 is 0 Å². The summed E-state index contributed by atoms with van der Waals surface area (Å²) in [5.41, 5.74) is 3.28. The van der Waals surface area contributed by atoms with Gasteiger partial charge in [-0.15, -0.1) is 0 Å². The fourth-order valence-electron chi connectivity index (χ4n) is 6.96. The lowest BCUT2D eigenvalue weighted by Crippen LogP contribution is -2.47. The van der Waals surface area contributed by atoms with Gasteiger partial charge in [0, 0.05) is 40.8 Å². The Hall–Kier alpha value is -2.99. The van der Waals surface area contributed by atoms with E-state index < -0.39 is 23.6 Å². The summed E-state index contributed by atoms with van der Waals surface area (Å²) >= 11 is 0. The lowest BCUT2D eigenvalue weighted by atomic mass is 9.81. The molecule has 4 nitrogen and oxygen atoms in total. The van der Waals surface area contributed by atoms with E-state index in [1.54, 1.807) is 0 Å². The third-order valence-corrected chi connectivity index (χ3v) is 8.65. The molecule has 2 N–H and O–H groups in total. The summed E-state index contributed by atoms with van der Waals surface area (Å²) in [6, 6.07) is 10.2. The smallest absolute Gasteiger partial charge is 0.328 e. The maximum Gasteiger partial charge on any atom is 0.328 e. The number of halogens is 2. The molecule has 2 aromatic carbocycles. The van der Waals surface area contributed by atoms with Crippen molar-refractivity contribution in [3.63, 3.8) is 0 Å². The average Bonchev–Trinajstić information content (AvgIpc) is 3.49. The Labute approximate surface area is 203 Å². The van der Waals surface area contributed by atoms with E-state index >= 15 is 8.78 Å². The number of aromatic amines is 1. The zero-order chi connectivity index (χ0) is 24.3. The second-order valence-electron chi connectivity index (χ2n) is 10.6. The number of fused-ring (bicyclic) bond motifs is 4. The van der Waals surface area contributed by atoms with Gasteiger partial charge in [-0.25, -0.2) is 13.6 Å². The van der Waals surface area contributed by atoms with E-state index in [0.29, 0.717) is 5.92 Å². The van der Waals surface area contributed by atoms with E-state index in [1.165, 1.54) is 37.5 Å². The molecule has 2 heterocycles. The van der Waals surface area contributed by atoms with Crippen LogP contribution in [0.5, 0.6) is 0 Å². The molecule has 35 heavy (non-hydrogen) atoms. The predicted octanol–water partition coefficient (Wildman–Crippen LogP) is 6.32. The van der Waals surface area contributed by atoms with Crippen molar-refractivity contribution in [2.75, 3.05) is 6.54 Å². The van der Waals surface area contributed by atoms with Gasteiger partial charge in [-0.3, -0.25) is 4.90 Å². The molecule has 0 spiro atoms. The van der Waals surface area contributed by atoms with Gasteiger partial charge in [-0.2, -0.15) is 0 Å². The van der Waals surface area contributed by atoms with Crippen molar-refractivity contribution in [2.45, 2.75) is 51.1 Å². The first kappa shape index (κ1) is 22.5. The van der Waals surface area contributed by atoms with Crippen molar-refractivity contribution in [1.82, 2.24) is 9.88 Å². The SMILES string of the molecule is CCC1Cc2c([nH]c3ccccc23)C(c2c(F)cc(/C=C/C(=O)O)cc2F)N1CC1CC2CC1C2. The van der Waals surface area contributed by atoms with Gasteiger partial charge in [0.05, 0.1) is 6.04 Å². The lowest BCUT2D eigenvalue weighted by Gasteiger charge is -2.44. The van der Waals surface area contributed by atoms with E-state index in [9.17, 15) is 4.79 Å². The molecule has 2 bridgehead atoms. The van der Waals surface area contributed by atoms with Crippen LogP contribution in [0, 0.1) is 29.4 Å². The van der Waals surface area contributed by atoms with Crippen LogP contribution in [0.3, 0.4) is 0 Å². The molecule has 3 unspecified atom stereocenters. The Kier molecular flexibility index (Phi) is 5.52. The van der Waals surface area contributed by atoms with E-state index in [1.807, 2.05) is 18.2 Å². The van der Waals surface area contributed by atoms with Crippen molar-refractivity contribution in [3.05, 3.63) is 76.5 Å². The largest absolute Gasteiger partial charge is 0.478 e. The number of rotatable bonds is 6. The number of hydrogen-bond acceptors (Lipinski definition) is 2. The van der Waals surface area contributed by atoms with E-state index in [0.717, 1.165) is 59.5 Å². The zero-order valence-corrected chi connectivity index (χ0v) is 19.8. The normalized spacial score (nSPS) is 27.9. The fraction of sp³-hybridized carbons (Fsp3) is 0.414. The monoisotopic (exact) mass is 476 g/mol. The van der Waals surface area contributed by atoms with Crippen molar-refractivity contribution in [2.24, 2.45) is 17.8 Å². The summed E-state index contributed by atoms with van der Waals surface area (Å²) in [4.78, 5) is 16.8. The maximum atomic E-state index is 15.7. The molecule has 7 rings (SSSR count). The molecule has 3 atom stereocenters. The molecule has 6 heteroatoms. The number of hydrogen-bond donors (Lipinski definition) is 2. The minimum absolute atomic E-state index is 0.0498. The van der Waals surface area contributed by atoms with Crippen molar-refractivity contribution in [3.8, 4) is 0 Å². The van der Waals surface area contributed by atoms with Crippen LogP contribution in [0.25, 0.3) is 17.0 Å². The molecule has 4 aliphatic rings. The lowest BCUT2D eigenvalue weighted by molar-refractivity contribution is -0.131. The van der Waals surface area contributed by atoms with Crippen LogP contribution in [-0.4, -0.2) is 33.5 Å². The number of carboxylic acids is 1. The molecule has 0 amide bonds. The van der Waals surface area contributed by atoms with Crippen molar-refractivity contribution < 1.29 is 18.7 Å². The Balaban J connectivity index is 1.49. The van der Waals surface area contributed by atoms with Gasteiger partial charge in [-0.05, 0) is 85.3 Å². The third-order valence-electron chi connectivity index (χ3n) is 8.65. The second kappa shape index (κ2) is 8.59. The first-order valence-corrected chi connectivity index (χ1v) is 12.7. The number of carboxylic acid groups (broad SMARTS) is 1. The molecule has 3 aliphatic carbocycles. The Bertz CT molecular complexity index is 1300. The molecular weight excluding hydrogens is 446 g/mol. The van der Waals surface area contributed by atoms with Gasteiger partial charge in [0.15, 0.2) is 0 Å². The summed E-state index contributed by atoms with van der Waals surface area (Å²) in [5.74, 6) is -0.293. The number of para-hydroxylation sites is 1. The standard InChI is InChI=1S/C29H30F2N2O2/c1-2-20-14-22-21-5-3-4-6-25(21)32-28(22)29(33(20)15-19-11-17-9-18(19)10-17)27-23(30)12-16(13-24(27)31)7-8-26(34)35/h3-8,12-13,17-20,29,32H,2,9-11,14-15H2,1H3,(H,34,35)/b8-7+. The number of aliphatic carboxylic acids is 1. The molecule has 3 saturated carbocycles. The van der Waals surface area contributed by atoms with Gasteiger partial charge in [0.25, 0.3) is 0 Å². The van der Waals surface area contributed by atoms with E-state index in [2.05, 4.69) is 22.9 Å². The first-order chi connectivity index (χ1) is 16.9. The van der Waals surface area contributed by atoms with Crippen LogP contribution < -0.4 is 0 Å². The van der Waals surface area contributed by atoms with Crippen molar-refractivity contribution >= 4 is 22.9 Å². The van der Waals surface area contributed by atoms with Gasteiger partial charge in [-0.1, -0.05) is 25.1 Å². The minimum Gasteiger partial charge on any atom is -0.478 e. The van der Waals surface area contributed by atoms with Crippen LogP contribution in [0.15, 0.2) is 42.5 Å². The quantitative estimate of drug-likeness (QED) is 0.410. The molecule has 3 fully saturated rings. The summed E-state index contributed by atoms with van der Waals surface area (Å²) in [6.07, 6.45) is 7.69. The second-order valence-corrected chi connectivity index (χ2v) is 10.6. The number of nitrogens with zero attached hydrogens (tertiary/aromatic N) is 1. The van der Waals surface area contributed by atoms with Gasteiger partial charge in [0.2, 0.25) is 0 Å². The number of benzene rings is 2. The highest BCUT2D eigenvalue weighted by atomic mass is 19.1. The summed E-state index contributed by atoms with van der Waals surface area (Å²) < 4.78 is 31.4. The molecular formula is C29H30F2N2O2. The highest BCUT2D eigenvalue weighted by Crippen LogP contribution is 2.54. The summed E-state index contributed by atoms with van der Waals surface area (Å²) in [6.45, 7) is 3.01. The fourth-order valence-corrected chi connectivity index (χ4v) is 6.96. The highest BCUT2D eigenvalue weighted by Gasteiger charge is 2.47. The maximum absolute atomic E-state index is 15.7. The van der Waals surface area contributed by atoms with Crippen LogP contribution in [0.4, 0.5) is 8.78 Å². The number of carbonyl (C=O) groups is 1. The number of nitrogens with one attached hydrogen (secondary N) is 1. The first-order valence-electron chi connectivity index (χ1n) is 12.7. The molecule has 0 saturated heterocycles. The van der Waals surface area contributed by atoms with E-state index in [4.69, 9.17) is 5.11 Å². The number of aromatic nitrogens is 1. The average molecular weight is 477 g/mol. The van der Waals surface area contributed by atoms with Crippen LogP contribution in [-0.2, 0) is 11.2 Å². The Morgan fingerprint density at radius 3 is 2.57 bits per heavy atom. The molecule has 0 radical (unpaired) electrons. The molecule has 1 aromatic heterocycles. The van der Waals surface area contributed by atoms with Gasteiger partial charge in [0.1, 0.15) is 11.6 Å². The highest BCUT2D eigenvalue weighted by molar-refractivity contribution is 5.86. The third kappa shape index (κ3) is 3.79. The van der Waals surface area contributed by atoms with Gasteiger partial charge < -0.3 is 10.1 Å². The van der Waals surface area contributed by atoms with Crippen LogP contribution in [0.2, 0.25) is 0 Å². The van der Waals surface area contributed by atoms with Crippen molar-refractivity contribution in [1.29, 1.82) is 0 Å². The summed E-state index contributed by atoms with van der Waals surface area (Å²) in [7, 11) is 0. The number of H-pyrrole nitrogens is 1. The summed E-state index contributed by atoms with van der Waals surface area (Å²) in [5, 5.41) is 10.0. The Morgan fingerprint density at radius 1 is 1.17 bits per heavy atom. The predicted molar refractivity (Wildman–Crippen MR) is 132 cm³/mol. The molecule has 1 aliphatic heterocycles. The zero-order valence-electron chi connectivity index (χ0n) is 19.8. The van der Waals surface area contributed by atoms with Crippen LogP contribution in [0.1, 0.15) is 61.0 Å². The van der Waals surface area contributed by atoms with E-state index in [-0.39, 0.29) is 17.2 Å².